The summed E-state index contributed by atoms with van der Waals surface area (Å²) < 4.78 is 25.4. The third-order valence-electron chi connectivity index (χ3n) is 2.80. The number of hydrogen-bond acceptors (Lipinski definition) is 2. The van der Waals surface area contributed by atoms with Gasteiger partial charge >= 0.3 is 0 Å². The first-order valence-corrected chi connectivity index (χ1v) is 6.71. The Morgan fingerprint density at radius 3 is 2.50 bits per heavy atom. The third-order valence-corrected chi connectivity index (χ3v) is 4.74. The fraction of sp³-hybridized carbons (Fsp3) is 0.500. The highest BCUT2D eigenvalue weighted by Crippen LogP contribution is 2.20. The van der Waals surface area contributed by atoms with Crippen molar-refractivity contribution in [3.63, 3.8) is 0 Å². The van der Waals surface area contributed by atoms with Crippen molar-refractivity contribution in [1.29, 1.82) is 0 Å². The van der Waals surface area contributed by atoms with Crippen LogP contribution in [-0.4, -0.2) is 9.46 Å². The fourth-order valence-corrected chi connectivity index (χ4v) is 2.76. The van der Waals surface area contributed by atoms with Crippen LogP contribution in [0.2, 0.25) is 0 Å². The van der Waals surface area contributed by atoms with Crippen molar-refractivity contribution >= 4 is 16.5 Å². The van der Waals surface area contributed by atoms with Crippen LogP contribution in [0.4, 0.5) is 10.1 Å². The monoisotopic (exact) mass is 243 g/mol. The van der Waals surface area contributed by atoms with E-state index in [0.29, 0.717) is 17.2 Å². The summed E-state index contributed by atoms with van der Waals surface area (Å²) in [5, 5.41) is 0.0407. The molecule has 0 amide bonds. The minimum atomic E-state index is -1.09. The van der Waals surface area contributed by atoms with Crippen molar-refractivity contribution < 1.29 is 8.60 Å². The van der Waals surface area contributed by atoms with Crippen molar-refractivity contribution in [3.05, 3.63) is 29.6 Å². The van der Waals surface area contributed by atoms with Crippen LogP contribution in [0, 0.1) is 11.7 Å². The molecule has 1 aromatic rings. The van der Waals surface area contributed by atoms with E-state index >= 15 is 0 Å². The van der Waals surface area contributed by atoms with Crippen LogP contribution in [-0.2, 0) is 16.6 Å². The van der Waals surface area contributed by atoms with E-state index in [-0.39, 0.29) is 16.8 Å². The molecule has 0 spiro atoms. The molecule has 2 N–H and O–H groups in total. The van der Waals surface area contributed by atoms with Crippen LogP contribution < -0.4 is 5.73 Å². The zero-order valence-electron chi connectivity index (χ0n) is 9.87. The molecule has 1 rings (SSSR count). The Morgan fingerprint density at radius 2 is 2.00 bits per heavy atom. The normalized spacial score (nSPS) is 15.1. The van der Waals surface area contributed by atoms with Gasteiger partial charge in [-0.2, -0.15) is 0 Å². The molecule has 1 aromatic carbocycles. The maximum absolute atomic E-state index is 13.5. The maximum atomic E-state index is 13.5. The van der Waals surface area contributed by atoms with Crippen LogP contribution in [0.3, 0.4) is 0 Å². The molecular formula is C12H18FNOS. The second-order valence-corrected chi connectivity index (χ2v) is 6.08. The first-order valence-electron chi connectivity index (χ1n) is 5.33. The lowest BCUT2D eigenvalue weighted by Crippen LogP contribution is -2.19. The van der Waals surface area contributed by atoms with Crippen LogP contribution in [0.15, 0.2) is 18.2 Å². The van der Waals surface area contributed by atoms with Gasteiger partial charge in [0.15, 0.2) is 0 Å². The zero-order chi connectivity index (χ0) is 12.3. The molecule has 0 bridgehead atoms. The number of rotatable bonds is 4. The van der Waals surface area contributed by atoms with Crippen molar-refractivity contribution in [1.82, 2.24) is 0 Å². The van der Waals surface area contributed by atoms with Crippen LogP contribution in [0.25, 0.3) is 0 Å². The molecule has 2 nitrogen and oxygen atoms in total. The SMILES string of the molecule is CC(C)C(C)S(=O)Cc1c(N)cccc1F. The molecule has 4 heteroatoms. The van der Waals surface area contributed by atoms with E-state index < -0.39 is 10.8 Å². The van der Waals surface area contributed by atoms with Gasteiger partial charge in [0.2, 0.25) is 0 Å². The van der Waals surface area contributed by atoms with Gasteiger partial charge in [0.1, 0.15) is 5.82 Å². The zero-order valence-corrected chi connectivity index (χ0v) is 10.7. The maximum Gasteiger partial charge on any atom is 0.129 e. The Kier molecular flexibility index (Phi) is 4.47. The minimum Gasteiger partial charge on any atom is -0.398 e. The molecule has 2 atom stereocenters. The van der Waals surface area contributed by atoms with Gasteiger partial charge in [-0.25, -0.2) is 4.39 Å². The number of anilines is 1. The minimum absolute atomic E-state index is 0.0407. The predicted octanol–water partition coefficient (Wildman–Crippen LogP) is 2.70. The van der Waals surface area contributed by atoms with Crippen LogP contribution in [0.1, 0.15) is 26.3 Å². The average Bonchev–Trinajstić information content (AvgIpc) is 2.22. The first-order chi connectivity index (χ1) is 7.43. The molecule has 16 heavy (non-hydrogen) atoms. The van der Waals surface area contributed by atoms with E-state index in [4.69, 9.17) is 5.73 Å². The van der Waals surface area contributed by atoms with Crippen molar-refractivity contribution in [2.75, 3.05) is 5.73 Å². The third kappa shape index (κ3) is 3.04. The van der Waals surface area contributed by atoms with Gasteiger partial charge in [-0.1, -0.05) is 26.8 Å². The van der Waals surface area contributed by atoms with E-state index in [9.17, 15) is 8.60 Å². The molecule has 0 saturated carbocycles. The summed E-state index contributed by atoms with van der Waals surface area (Å²) >= 11 is 0. The summed E-state index contributed by atoms with van der Waals surface area (Å²) in [7, 11) is -1.09. The van der Waals surface area contributed by atoms with Gasteiger partial charge in [0, 0.05) is 27.3 Å². The van der Waals surface area contributed by atoms with Gasteiger partial charge in [-0.3, -0.25) is 4.21 Å². The summed E-state index contributed by atoms with van der Waals surface area (Å²) in [5.41, 5.74) is 6.42. The Labute approximate surface area is 98.5 Å². The molecule has 90 valence electrons. The Balaban J connectivity index is 2.85. The molecule has 0 aromatic heterocycles. The number of halogens is 1. The fourth-order valence-electron chi connectivity index (χ4n) is 1.30. The second kappa shape index (κ2) is 5.43. The standard InChI is InChI=1S/C12H18FNOS/c1-8(2)9(3)16(15)7-10-11(13)5-4-6-12(10)14/h4-6,8-9H,7,14H2,1-3H3. The topological polar surface area (TPSA) is 43.1 Å². The molecule has 0 aliphatic heterocycles. The lowest BCUT2D eigenvalue weighted by Gasteiger charge is -2.16. The molecule has 0 heterocycles. The Hall–Kier alpha value is -0.900. The summed E-state index contributed by atoms with van der Waals surface area (Å²) in [4.78, 5) is 0. The van der Waals surface area contributed by atoms with E-state index in [1.807, 2.05) is 20.8 Å². The quantitative estimate of drug-likeness (QED) is 0.826. The molecule has 2 unspecified atom stereocenters. The summed E-state index contributed by atoms with van der Waals surface area (Å²) in [6.07, 6.45) is 0. The second-order valence-electron chi connectivity index (χ2n) is 4.28. The van der Waals surface area contributed by atoms with Gasteiger partial charge in [0.25, 0.3) is 0 Å². The number of nitrogens with two attached hydrogens (primary N) is 1. The van der Waals surface area contributed by atoms with E-state index in [0.717, 1.165) is 0 Å². The van der Waals surface area contributed by atoms with Gasteiger partial charge in [-0.05, 0) is 18.1 Å². The highest BCUT2D eigenvalue weighted by molar-refractivity contribution is 7.84. The molecule has 0 aliphatic rings. The summed E-state index contributed by atoms with van der Waals surface area (Å²) in [6.45, 7) is 5.93. The number of hydrogen-bond donors (Lipinski definition) is 1. The van der Waals surface area contributed by atoms with Crippen LogP contribution >= 0.6 is 0 Å². The van der Waals surface area contributed by atoms with E-state index in [1.54, 1.807) is 12.1 Å². The lowest BCUT2D eigenvalue weighted by atomic mass is 10.2. The first kappa shape index (κ1) is 13.2. The molecule has 0 saturated heterocycles. The summed E-state index contributed by atoms with van der Waals surface area (Å²) in [5.74, 6) is 0.135. The summed E-state index contributed by atoms with van der Waals surface area (Å²) in [6, 6.07) is 4.54. The van der Waals surface area contributed by atoms with Gasteiger partial charge in [0.05, 0.1) is 5.75 Å². The van der Waals surface area contributed by atoms with E-state index in [2.05, 4.69) is 0 Å². The Morgan fingerprint density at radius 1 is 1.38 bits per heavy atom. The van der Waals surface area contributed by atoms with Crippen molar-refractivity contribution in [2.45, 2.75) is 31.8 Å². The largest absolute Gasteiger partial charge is 0.398 e. The smallest absolute Gasteiger partial charge is 0.129 e. The van der Waals surface area contributed by atoms with Gasteiger partial charge < -0.3 is 5.73 Å². The Bertz CT molecular complexity index is 372. The molecule has 0 fully saturated rings. The molecular weight excluding hydrogens is 225 g/mol. The highest BCUT2D eigenvalue weighted by atomic mass is 32.2. The van der Waals surface area contributed by atoms with Crippen molar-refractivity contribution in [2.24, 2.45) is 5.92 Å². The molecule has 0 radical (unpaired) electrons. The lowest BCUT2D eigenvalue weighted by molar-refractivity contribution is 0.598. The number of benzene rings is 1. The predicted molar refractivity (Wildman–Crippen MR) is 67.0 cm³/mol. The number of nitrogen functional groups attached to an aromatic ring is 1. The highest BCUT2D eigenvalue weighted by Gasteiger charge is 2.18. The molecule has 0 aliphatic carbocycles. The van der Waals surface area contributed by atoms with Crippen LogP contribution in [0.5, 0.6) is 0 Å². The van der Waals surface area contributed by atoms with E-state index in [1.165, 1.54) is 6.07 Å². The average molecular weight is 243 g/mol. The van der Waals surface area contributed by atoms with Gasteiger partial charge in [-0.15, -0.1) is 0 Å². The van der Waals surface area contributed by atoms with Crippen molar-refractivity contribution in [3.8, 4) is 0 Å².